The van der Waals surface area contributed by atoms with E-state index in [0.29, 0.717) is 12.8 Å². The van der Waals surface area contributed by atoms with Crippen molar-refractivity contribution in [3.8, 4) is 0 Å². The van der Waals surface area contributed by atoms with Gasteiger partial charge in [0.25, 0.3) is 0 Å². The zero-order valence-corrected chi connectivity index (χ0v) is 12.9. The Bertz CT molecular complexity index is 353. The molecule has 0 radical (unpaired) electrons. The van der Waals surface area contributed by atoms with Crippen molar-refractivity contribution < 1.29 is 19.4 Å². The summed E-state index contributed by atoms with van der Waals surface area (Å²) < 4.78 is 5.14. The van der Waals surface area contributed by atoms with E-state index in [9.17, 15) is 9.59 Å². The summed E-state index contributed by atoms with van der Waals surface area (Å²) in [5, 5.41) is 9.10. The molecule has 2 unspecified atom stereocenters. The fourth-order valence-corrected chi connectivity index (χ4v) is 2.81. The number of aliphatic carboxylic acids is 1. The lowest BCUT2D eigenvalue weighted by Gasteiger charge is -2.39. The molecule has 6 heteroatoms. The molecule has 5 nitrogen and oxygen atoms in total. The molecule has 2 atom stereocenters. The van der Waals surface area contributed by atoms with Gasteiger partial charge in [0.1, 0.15) is 6.04 Å². The Morgan fingerprint density at radius 1 is 1.30 bits per heavy atom. The van der Waals surface area contributed by atoms with Crippen molar-refractivity contribution in [3.63, 3.8) is 0 Å². The quantitative estimate of drug-likeness (QED) is 0.581. The summed E-state index contributed by atoms with van der Waals surface area (Å²) in [7, 11) is 0. The number of carbonyl (C=O) groups is 2. The molecule has 1 fully saturated rings. The van der Waals surface area contributed by atoms with Gasteiger partial charge >= 0.3 is 11.9 Å². The first kappa shape index (κ1) is 17.2. The second-order valence-corrected chi connectivity index (χ2v) is 6.43. The molecule has 20 heavy (non-hydrogen) atoms. The van der Waals surface area contributed by atoms with Gasteiger partial charge in [0.2, 0.25) is 0 Å². The molecule has 0 aromatic heterocycles. The predicted octanol–water partition coefficient (Wildman–Crippen LogP) is 2.50. The summed E-state index contributed by atoms with van der Waals surface area (Å²) in [6.07, 6.45) is 4.02. The Kier molecular flexibility index (Phi) is 6.27. The molecule has 0 saturated heterocycles. The van der Waals surface area contributed by atoms with Crippen LogP contribution in [0.5, 0.6) is 0 Å². The van der Waals surface area contributed by atoms with E-state index in [4.69, 9.17) is 27.2 Å². The van der Waals surface area contributed by atoms with E-state index in [1.807, 2.05) is 13.8 Å². The molecule has 0 aromatic carbocycles. The number of carbonyl (C=O) groups excluding carboxylic acids is 1. The number of hydrogen-bond donors (Lipinski definition) is 2. The van der Waals surface area contributed by atoms with Crippen molar-refractivity contribution in [2.75, 3.05) is 0 Å². The molecule has 1 aliphatic rings. The minimum atomic E-state index is -0.932. The Morgan fingerprint density at radius 3 is 2.30 bits per heavy atom. The van der Waals surface area contributed by atoms with Gasteiger partial charge in [-0.15, -0.1) is 0 Å². The fourth-order valence-electron chi connectivity index (χ4n) is 2.73. The summed E-state index contributed by atoms with van der Waals surface area (Å²) in [6, 6.07) is -0.932. The molecule has 0 bridgehead atoms. The van der Waals surface area contributed by atoms with Crippen molar-refractivity contribution in [2.45, 2.75) is 64.0 Å². The first-order chi connectivity index (χ1) is 9.28. The van der Waals surface area contributed by atoms with Crippen LogP contribution >= 0.6 is 11.6 Å². The average molecular weight is 306 g/mol. The van der Waals surface area contributed by atoms with Gasteiger partial charge in [-0.05, 0) is 12.8 Å². The van der Waals surface area contributed by atoms with E-state index in [-0.39, 0.29) is 12.3 Å². The van der Waals surface area contributed by atoms with Crippen LogP contribution in [0.1, 0.15) is 52.4 Å². The maximum absolute atomic E-state index is 12.1. The SMILES string of the molecule is CC(C)C(Cl)OC(=O)C(N)C1(CC(=O)O)CCCCC1. The van der Waals surface area contributed by atoms with Crippen LogP contribution in [0.2, 0.25) is 0 Å². The molecule has 1 rings (SSSR count). The third kappa shape index (κ3) is 4.35. The molecule has 0 heterocycles. The first-order valence-electron chi connectivity index (χ1n) is 7.10. The second-order valence-electron chi connectivity index (χ2n) is 6.00. The van der Waals surface area contributed by atoms with Crippen LogP contribution in [-0.4, -0.2) is 28.7 Å². The van der Waals surface area contributed by atoms with E-state index >= 15 is 0 Å². The lowest BCUT2D eigenvalue weighted by atomic mass is 9.67. The van der Waals surface area contributed by atoms with Crippen LogP contribution in [0, 0.1) is 11.3 Å². The largest absolute Gasteiger partial charge is 0.481 e. The van der Waals surface area contributed by atoms with Crippen molar-refractivity contribution in [1.82, 2.24) is 0 Å². The number of carboxylic acid groups (broad SMARTS) is 1. The van der Waals surface area contributed by atoms with Crippen molar-refractivity contribution in [1.29, 1.82) is 0 Å². The smallest absolute Gasteiger partial charge is 0.325 e. The van der Waals surface area contributed by atoms with Crippen LogP contribution in [-0.2, 0) is 14.3 Å². The van der Waals surface area contributed by atoms with E-state index in [1.165, 1.54) is 0 Å². The molecule has 0 spiro atoms. The summed E-state index contributed by atoms with van der Waals surface area (Å²) in [5.41, 5.74) is 4.59. The molecule has 0 amide bonds. The van der Waals surface area contributed by atoms with Gasteiger partial charge in [-0.2, -0.15) is 0 Å². The van der Waals surface area contributed by atoms with Gasteiger partial charge in [0.15, 0.2) is 5.56 Å². The number of ether oxygens (including phenoxy) is 1. The van der Waals surface area contributed by atoms with Crippen molar-refractivity contribution in [3.05, 3.63) is 0 Å². The summed E-state index contributed by atoms with van der Waals surface area (Å²) in [5.74, 6) is -1.54. The van der Waals surface area contributed by atoms with Crippen LogP contribution < -0.4 is 5.73 Å². The highest BCUT2D eigenvalue weighted by Crippen LogP contribution is 2.42. The van der Waals surface area contributed by atoms with Crippen LogP contribution in [0.4, 0.5) is 0 Å². The van der Waals surface area contributed by atoms with Crippen molar-refractivity contribution in [2.24, 2.45) is 17.1 Å². The summed E-state index contributed by atoms with van der Waals surface area (Å²) >= 11 is 5.93. The Balaban J connectivity index is 2.79. The molecule has 116 valence electrons. The number of esters is 1. The topological polar surface area (TPSA) is 89.6 Å². The molecular formula is C14H24ClNO4. The highest BCUT2D eigenvalue weighted by Gasteiger charge is 2.44. The minimum Gasteiger partial charge on any atom is -0.481 e. The van der Waals surface area contributed by atoms with Crippen LogP contribution in [0.3, 0.4) is 0 Å². The molecule has 1 saturated carbocycles. The van der Waals surface area contributed by atoms with Crippen LogP contribution in [0.15, 0.2) is 0 Å². The lowest BCUT2D eigenvalue weighted by molar-refractivity contribution is -0.154. The number of alkyl halides is 1. The predicted molar refractivity (Wildman–Crippen MR) is 76.3 cm³/mol. The Hall–Kier alpha value is -0.810. The van der Waals surface area contributed by atoms with Gasteiger partial charge in [-0.25, -0.2) is 0 Å². The molecule has 3 N–H and O–H groups in total. The van der Waals surface area contributed by atoms with E-state index < -0.39 is 29.0 Å². The van der Waals surface area contributed by atoms with E-state index in [2.05, 4.69) is 0 Å². The first-order valence-corrected chi connectivity index (χ1v) is 7.54. The van der Waals surface area contributed by atoms with Gasteiger partial charge in [-0.1, -0.05) is 44.7 Å². The third-order valence-corrected chi connectivity index (χ3v) is 4.61. The monoisotopic (exact) mass is 305 g/mol. The minimum absolute atomic E-state index is 0.0189. The molecule has 1 aliphatic carbocycles. The highest BCUT2D eigenvalue weighted by molar-refractivity contribution is 6.20. The second kappa shape index (κ2) is 7.27. The number of halogens is 1. The lowest BCUT2D eigenvalue weighted by Crippen LogP contribution is -2.51. The number of rotatable bonds is 6. The zero-order valence-electron chi connectivity index (χ0n) is 12.1. The van der Waals surface area contributed by atoms with E-state index in [0.717, 1.165) is 19.3 Å². The number of nitrogens with two attached hydrogens (primary N) is 1. The molecule has 0 aromatic rings. The van der Waals surface area contributed by atoms with Gasteiger partial charge < -0.3 is 15.6 Å². The van der Waals surface area contributed by atoms with Crippen LogP contribution in [0.25, 0.3) is 0 Å². The van der Waals surface area contributed by atoms with E-state index in [1.54, 1.807) is 0 Å². The summed E-state index contributed by atoms with van der Waals surface area (Å²) in [6.45, 7) is 3.67. The standard InChI is InChI=1S/C14H24ClNO4/c1-9(2)12(15)20-13(19)11(16)14(8-10(17)18)6-4-3-5-7-14/h9,11-12H,3-8,16H2,1-2H3,(H,17,18). The maximum atomic E-state index is 12.1. The number of carboxylic acids is 1. The molecular weight excluding hydrogens is 282 g/mol. The van der Waals surface area contributed by atoms with Crippen molar-refractivity contribution >= 4 is 23.5 Å². The maximum Gasteiger partial charge on any atom is 0.325 e. The van der Waals surface area contributed by atoms with Gasteiger partial charge in [0, 0.05) is 11.3 Å². The normalized spacial score (nSPS) is 21.2. The average Bonchev–Trinajstić information content (AvgIpc) is 2.37. The summed E-state index contributed by atoms with van der Waals surface area (Å²) in [4.78, 5) is 23.2. The van der Waals surface area contributed by atoms with Gasteiger partial charge in [-0.3, -0.25) is 9.59 Å². The zero-order chi connectivity index (χ0) is 15.3. The number of hydrogen-bond acceptors (Lipinski definition) is 4. The highest BCUT2D eigenvalue weighted by atomic mass is 35.5. The Labute approximate surface area is 124 Å². The van der Waals surface area contributed by atoms with Gasteiger partial charge in [0.05, 0.1) is 6.42 Å². The third-order valence-electron chi connectivity index (χ3n) is 4.02. The Morgan fingerprint density at radius 2 is 1.85 bits per heavy atom. The fraction of sp³-hybridized carbons (Fsp3) is 0.857. The molecule has 0 aliphatic heterocycles.